The van der Waals surface area contributed by atoms with Crippen molar-refractivity contribution in [3.8, 4) is 0 Å². The third-order valence-corrected chi connectivity index (χ3v) is 3.31. The van der Waals surface area contributed by atoms with Crippen LogP contribution in [0, 0.1) is 0 Å². The van der Waals surface area contributed by atoms with Crippen LogP contribution in [0.4, 0.5) is 4.79 Å². The Morgan fingerprint density at radius 2 is 2.25 bits per heavy atom. The van der Waals surface area contributed by atoms with Gasteiger partial charge in [0.15, 0.2) is 5.54 Å². The summed E-state index contributed by atoms with van der Waals surface area (Å²) >= 11 is 0. The molecule has 0 aromatic carbocycles. The summed E-state index contributed by atoms with van der Waals surface area (Å²) in [4.78, 5) is 29.4. The van der Waals surface area contributed by atoms with E-state index in [-0.39, 0.29) is 12.5 Å². The SMILES string of the molecule is CC1(c2ccco2)NC(=O)N(CCn2cncn2)C1=O. The average Bonchev–Trinajstić information content (AvgIpc) is 3.13. The highest BCUT2D eigenvalue weighted by molar-refractivity contribution is 6.06. The van der Waals surface area contributed by atoms with E-state index in [2.05, 4.69) is 15.4 Å². The van der Waals surface area contributed by atoms with Gasteiger partial charge in [0, 0.05) is 0 Å². The van der Waals surface area contributed by atoms with Gasteiger partial charge in [-0.15, -0.1) is 0 Å². The molecule has 1 N–H and O–H groups in total. The monoisotopic (exact) mass is 275 g/mol. The molecule has 8 heteroatoms. The maximum absolute atomic E-state index is 12.4. The van der Waals surface area contributed by atoms with Crippen molar-refractivity contribution >= 4 is 11.9 Å². The summed E-state index contributed by atoms with van der Waals surface area (Å²) in [5, 5.41) is 6.59. The van der Waals surface area contributed by atoms with Gasteiger partial charge in [0.25, 0.3) is 5.91 Å². The molecule has 3 rings (SSSR count). The molecule has 0 spiro atoms. The highest BCUT2D eigenvalue weighted by Gasteiger charge is 2.50. The third-order valence-electron chi connectivity index (χ3n) is 3.31. The minimum Gasteiger partial charge on any atom is -0.466 e. The lowest BCUT2D eigenvalue weighted by molar-refractivity contribution is -0.131. The van der Waals surface area contributed by atoms with Gasteiger partial charge in [-0.1, -0.05) is 0 Å². The Kier molecular flexibility index (Phi) is 2.78. The fourth-order valence-corrected chi connectivity index (χ4v) is 2.18. The first-order valence-electron chi connectivity index (χ1n) is 6.12. The van der Waals surface area contributed by atoms with E-state index in [1.807, 2.05) is 0 Å². The van der Waals surface area contributed by atoms with Gasteiger partial charge in [0.1, 0.15) is 18.4 Å². The first-order chi connectivity index (χ1) is 9.61. The third kappa shape index (κ3) is 1.85. The summed E-state index contributed by atoms with van der Waals surface area (Å²) in [6.45, 7) is 2.25. The quantitative estimate of drug-likeness (QED) is 0.812. The summed E-state index contributed by atoms with van der Waals surface area (Å²) in [7, 11) is 0. The van der Waals surface area contributed by atoms with Gasteiger partial charge in [-0.3, -0.25) is 14.4 Å². The summed E-state index contributed by atoms with van der Waals surface area (Å²) in [5.41, 5.74) is -1.15. The van der Waals surface area contributed by atoms with Crippen LogP contribution in [0.3, 0.4) is 0 Å². The van der Waals surface area contributed by atoms with Crippen molar-refractivity contribution in [3.63, 3.8) is 0 Å². The molecule has 1 unspecified atom stereocenters. The molecule has 0 saturated carbocycles. The highest BCUT2D eigenvalue weighted by Crippen LogP contribution is 2.28. The number of carbonyl (C=O) groups excluding carboxylic acids is 2. The number of imide groups is 1. The fourth-order valence-electron chi connectivity index (χ4n) is 2.18. The maximum Gasteiger partial charge on any atom is 0.325 e. The molecule has 20 heavy (non-hydrogen) atoms. The number of urea groups is 1. The van der Waals surface area contributed by atoms with E-state index < -0.39 is 11.6 Å². The molecule has 1 aliphatic rings. The van der Waals surface area contributed by atoms with E-state index >= 15 is 0 Å². The number of aromatic nitrogens is 3. The van der Waals surface area contributed by atoms with E-state index in [1.165, 1.54) is 18.9 Å². The molecule has 1 fully saturated rings. The van der Waals surface area contributed by atoms with Crippen LogP contribution in [0.25, 0.3) is 0 Å². The van der Waals surface area contributed by atoms with Gasteiger partial charge in [0.2, 0.25) is 0 Å². The molecule has 0 radical (unpaired) electrons. The topological polar surface area (TPSA) is 93.3 Å². The van der Waals surface area contributed by atoms with Crippen LogP contribution >= 0.6 is 0 Å². The second-order valence-electron chi connectivity index (χ2n) is 4.65. The lowest BCUT2D eigenvalue weighted by atomic mass is 9.99. The molecule has 2 aromatic rings. The fraction of sp³-hybridized carbons (Fsp3) is 0.333. The van der Waals surface area contributed by atoms with Crippen molar-refractivity contribution in [1.29, 1.82) is 0 Å². The van der Waals surface area contributed by atoms with Crippen LogP contribution in [0.1, 0.15) is 12.7 Å². The first-order valence-corrected chi connectivity index (χ1v) is 6.12. The number of hydrogen-bond donors (Lipinski definition) is 1. The van der Waals surface area contributed by atoms with E-state index in [4.69, 9.17) is 4.42 Å². The zero-order valence-corrected chi connectivity index (χ0v) is 10.8. The largest absolute Gasteiger partial charge is 0.466 e. The Morgan fingerprint density at radius 1 is 1.40 bits per heavy atom. The Labute approximate surface area is 114 Å². The predicted molar refractivity (Wildman–Crippen MR) is 66.3 cm³/mol. The Bertz CT molecular complexity index is 622. The molecule has 1 saturated heterocycles. The van der Waals surface area contributed by atoms with Gasteiger partial charge in [-0.25, -0.2) is 9.78 Å². The van der Waals surface area contributed by atoms with E-state index in [0.717, 1.165) is 4.90 Å². The van der Waals surface area contributed by atoms with Gasteiger partial charge in [-0.2, -0.15) is 5.10 Å². The molecular weight excluding hydrogens is 262 g/mol. The minimum absolute atomic E-state index is 0.227. The number of rotatable bonds is 4. The van der Waals surface area contributed by atoms with Gasteiger partial charge in [0.05, 0.1) is 19.4 Å². The number of carbonyl (C=O) groups is 2. The van der Waals surface area contributed by atoms with Crippen LogP contribution in [0.2, 0.25) is 0 Å². The zero-order valence-electron chi connectivity index (χ0n) is 10.8. The van der Waals surface area contributed by atoms with Gasteiger partial charge >= 0.3 is 6.03 Å². The second kappa shape index (κ2) is 4.48. The van der Waals surface area contributed by atoms with E-state index in [9.17, 15) is 9.59 Å². The zero-order chi connectivity index (χ0) is 14.2. The normalized spacial score (nSPS) is 22.4. The predicted octanol–water partition coefficient (Wildman–Crippen LogP) is 0.338. The molecule has 0 aliphatic carbocycles. The summed E-state index contributed by atoms with van der Waals surface area (Å²) in [6.07, 6.45) is 4.40. The van der Waals surface area contributed by atoms with Gasteiger partial charge in [-0.05, 0) is 19.1 Å². The van der Waals surface area contributed by atoms with Crippen LogP contribution in [0.15, 0.2) is 35.5 Å². The van der Waals surface area contributed by atoms with Crippen molar-refractivity contribution in [2.75, 3.05) is 6.54 Å². The average molecular weight is 275 g/mol. The standard InChI is InChI=1S/C12H13N5O3/c1-12(9-3-2-6-20-9)10(18)17(11(19)15-12)5-4-16-8-13-7-14-16/h2-3,6-8H,4-5H2,1H3,(H,15,19). The highest BCUT2D eigenvalue weighted by atomic mass is 16.3. The maximum atomic E-state index is 12.4. The molecule has 0 bridgehead atoms. The lowest BCUT2D eigenvalue weighted by Crippen LogP contribution is -2.40. The number of nitrogens with zero attached hydrogens (tertiary/aromatic N) is 4. The Hall–Kier alpha value is -2.64. The molecule has 1 aliphatic heterocycles. The number of furan rings is 1. The van der Waals surface area contributed by atoms with Gasteiger partial charge < -0.3 is 9.73 Å². The molecule has 1 atom stereocenters. The van der Waals surface area contributed by atoms with Crippen molar-refractivity contribution in [2.24, 2.45) is 0 Å². The van der Waals surface area contributed by atoms with Crippen molar-refractivity contribution in [1.82, 2.24) is 25.0 Å². The molecule has 8 nitrogen and oxygen atoms in total. The molecular formula is C12H13N5O3. The minimum atomic E-state index is -1.15. The van der Waals surface area contributed by atoms with Crippen LogP contribution in [-0.2, 0) is 16.9 Å². The van der Waals surface area contributed by atoms with E-state index in [1.54, 1.807) is 23.7 Å². The first kappa shape index (κ1) is 12.4. The number of hydrogen-bond acceptors (Lipinski definition) is 5. The summed E-state index contributed by atoms with van der Waals surface area (Å²) in [6, 6.07) is 2.91. The lowest BCUT2D eigenvalue weighted by Gasteiger charge is -2.18. The second-order valence-corrected chi connectivity index (χ2v) is 4.65. The molecule has 2 aromatic heterocycles. The Morgan fingerprint density at radius 3 is 2.90 bits per heavy atom. The van der Waals surface area contributed by atoms with Crippen LogP contribution < -0.4 is 5.32 Å². The molecule has 3 amide bonds. The van der Waals surface area contributed by atoms with E-state index in [0.29, 0.717) is 12.3 Å². The summed E-state index contributed by atoms with van der Waals surface area (Å²) < 4.78 is 6.81. The van der Waals surface area contributed by atoms with Crippen molar-refractivity contribution in [3.05, 3.63) is 36.8 Å². The Balaban J connectivity index is 1.77. The van der Waals surface area contributed by atoms with Crippen molar-refractivity contribution < 1.29 is 14.0 Å². The molecule has 3 heterocycles. The summed E-state index contributed by atoms with van der Waals surface area (Å²) in [5.74, 6) is 0.0803. The smallest absolute Gasteiger partial charge is 0.325 e. The number of nitrogens with one attached hydrogen (secondary N) is 1. The van der Waals surface area contributed by atoms with Crippen LogP contribution in [0.5, 0.6) is 0 Å². The molecule has 104 valence electrons. The van der Waals surface area contributed by atoms with Crippen molar-refractivity contribution in [2.45, 2.75) is 19.0 Å². The number of amides is 3. The van der Waals surface area contributed by atoms with Crippen LogP contribution in [-0.4, -0.2) is 38.1 Å².